The molecule has 0 amide bonds. The van der Waals surface area contributed by atoms with Gasteiger partial charge in [0.1, 0.15) is 12.7 Å². The van der Waals surface area contributed by atoms with E-state index in [9.17, 15) is 4.79 Å². The maximum Gasteiger partial charge on any atom is 0.257 e. The molecule has 2 bridgehead atoms. The number of rotatable bonds is 1. The number of ketones is 1. The van der Waals surface area contributed by atoms with Gasteiger partial charge in [0.15, 0.2) is 11.5 Å². The number of ether oxygens (including phenoxy) is 3. The first-order valence-corrected chi connectivity index (χ1v) is 8.63. The van der Waals surface area contributed by atoms with Crippen LogP contribution in [0.25, 0.3) is 0 Å². The van der Waals surface area contributed by atoms with E-state index in [4.69, 9.17) is 14.2 Å². The quantitative estimate of drug-likeness (QED) is 0.798. The van der Waals surface area contributed by atoms with E-state index in [0.717, 1.165) is 24.0 Å². The van der Waals surface area contributed by atoms with Gasteiger partial charge in [-0.3, -0.25) is 4.79 Å². The Bertz CT molecular complexity index is 701. The molecule has 1 aromatic rings. The monoisotopic (exact) mass is 312 g/mol. The van der Waals surface area contributed by atoms with Crippen molar-refractivity contribution in [2.24, 2.45) is 5.92 Å². The zero-order valence-corrected chi connectivity index (χ0v) is 13.0. The molecular weight excluding hydrogens is 292 g/mol. The first-order valence-electron chi connectivity index (χ1n) is 8.63. The van der Waals surface area contributed by atoms with Crippen molar-refractivity contribution < 1.29 is 19.0 Å². The summed E-state index contributed by atoms with van der Waals surface area (Å²) < 4.78 is 18.4. The van der Waals surface area contributed by atoms with Crippen LogP contribution in [0.5, 0.6) is 0 Å². The van der Waals surface area contributed by atoms with Gasteiger partial charge in [0.25, 0.3) is 5.79 Å². The number of fused-ring (bicyclic) bond motifs is 2. The molecule has 2 aliphatic heterocycles. The summed E-state index contributed by atoms with van der Waals surface area (Å²) in [5, 5.41) is 0. The Balaban J connectivity index is 1.72. The van der Waals surface area contributed by atoms with E-state index in [1.54, 1.807) is 0 Å². The third kappa shape index (κ3) is 1.82. The van der Waals surface area contributed by atoms with E-state index in [-0.39, 0.29) is 17.8 Å². The molecule has 1 spiro atoms. The number of Topliss-reactive ketones (excluding diaryl/α,β-unsaturated/α-hetero) is 1. The summed E-state index contributed by atoms with van der Waals surface area (Å²) in [6.07, 6.45) is 5.66. The van der Waals surface area contributed by atoms with Crippen LogP contribution in [0.2, 0.25) is 0 Å². The second-order valence-corrected chi connectivity index (χ2v) is 6.93. The van der Waals surface area contributed by atoms with Crippen LogP contribution in [0.4, 0.5) is 0 Å². The van der Waals surface area contributed by atoms with E-state index in [1.807, 2.05) is 24.3 Å². The molecule has 4 aliphatic rings. The highest BCUT2D eigenvalue weighted by Crippen LogP contribution is 2.52. The average Bonchev–Trinajstić information content (AvgIpc) is 2.95. The minimum Gasteiger partial charge on any atom is -0.489 e. The molecule has 0 N–H and O–H groups in total. The summed E-state index contributed by atoms with van der Waals surface area (Å²) >= 11 is 0. The van der Waals surface area contributed by atoms with Crippen LogP contribution in [0, 0.1) is 5.92 Å². The largest absolute Gasteiger partial charge is 0.489 e. The van der Waals surface area contributed by atoms with Gasteiger partial charge in [-0.15, -0.1) is 0 Å². The van der Waals surface area contributed by atoms with Crippen LogP contribution >= 0.6 is 0 Å². The van der Waals surface area contributed by atoms with Crippen LogP contribution in [-0.2, 0) is 20.0 Å². The highest BCUT2D eigenvalue weighted by Gasteiger charge is 2.57. The molecule has 3 fully saturated rings. The van der Waals surface area contributed by atoms with Crippen LogP contribution < -0.4 is 0 Å². The van der Waals surface area contributed by atoms with Crippen LogP contribution in [-0.4, -0.2) is 25.1 Å². The average molecular weight is 312 g/mol. The molecular formula is C19H20O4. The predicted molar refractivity (Wildman–Crippen MR) is 82.8 cm³/mol. The molecule has 2 saturated heterocycles. The molecule has 2 unspecified atom stereocenters. The maximum absolute atomic E-state index is 13.2. The third-order valence-corrected chi connectivity index (χ3v) is 5.55. The first kappa shape index (κ1) is 13.8. The van der Waals surface area contributed by atoms with Gasteiger partial charge >= 0.3 is 0 Å². The highest BCUT2D eigenvalue weighted by atomic mass is 16.8. The number of allylic oxidation sites excluding steroid dienone is 1. The van der Waals surface area contributed by atoms with Gasteiger partial charge < -0.3 is 14.2 Å². The van der Waals surface area contributed by atoms with Crippen molar-refractivity contribution in [2.45, 2.75) is 44.0 Å². The van der Waals surface area contributed by atoms with Crippen molar-refractivity contribution in [1.29, 1.82) is 0 Å². The second kappa shape index (κ2) is 4.92. The second-order valence-electron chi connectivity index (χ2n) is 6.93. The van der Waals surface area contributed by atoms with Crippen molar-refractivity contribution in [3.63, 3.8) is 0 Å². The lowest BCUT2D eigenvalue weighted by Gasteiger charge is -2.41. The molecule has 2 atom stereocenters. The van der Waals surface area contributed by atoms with Crippen molar-refractivity contribution >= 4 is 5.78 Å². The standard InChI is InChI=1S/C19H20O4/c20-17-14-8-4-5-9-15(14)19-18(21-10-13(23-19)11-22-19)16(17)12-6-2-1-3-7-12/h4-5,8-9,12-13H,1-3,6-7,10-11H2. The lowest BCUT2D eigenvalue weighted by molar-refractivity contribution is -0.208. The normalized spacial score (nSPS) is 33.2. The van der Waals surface area contributed by atoms with Gasteiger partial charge in [0, 0.05) is 16.7 Å². The van der Waals surface area contributed by atoms with Crippen molar-refractivity contribution in [3.8, 4) is 0 Å². The first-order chi connectivity index (χ1) is 11.3. The summed E-state index contributed by atoms with van der Waals surface area (Å²) in [4.78, 5) is 13.2. The number of hydrogen-bond donors (Lipinski definition) is 0. The van der Waals surface area contributed by atoms with Gasteiger partial charge in [0.2, 0.25) is 0 Å². The fourth-order valence-corrected chi connectivity index (χ4v) is 4.48. The smallest absolute Gasteiger partial charge is 0.257 e. The molecule has 1 saturated carbocycles. The van der Waals surface area contributed by atoms with E-state index in [0.29, 0.717) is 24.5 Å². The van der Waals surface area contributed by atoms with E-state index in [1.165, 1.54) is 19.3 Å². The van der Waals surface area contributed by atoms with Gasteiger partial charge in [-0.1, -0.05) is 43.5 Å². The minimum atomic E-state index is -0.986. The molecule has 2 aliphatic carbocycles. The lowest BCUT2D eigenvalue weighted by atomic mass is 9.74. The number of carbonyl (C=O) groups is 1. The lowest BCUT2D eigenvalue weighted by Crippen LogP contribution is -2.44. The van der Waals surface area contributed by atoms with Crippen LogP contribution in [0.15, 0.2) is 35.6 Å². The van der Waals surface area contributed by atoms with E-state index < -0.39 is 5.79 Å². The number of hydrogen-bond acceptors (Lipinski definition) is 4. The topological polar surface area (TPSA) is 44.8 Å². The van der Waals surface area contributed by atoms with E-state index in [2.05, 4.69) is 0 Å². The third-order valence-electron chi connectivity index (χ3n) is 5.55. The molecule has 120 valence electrons. The molecule has 4 heteroatoms. The fourth-order valence-electron chi connectivity index (χ4n) is 4.48. The van der Waals surface area contributed by atoms with Gasteiger partial charge in [-0.2, -0.15) is 0 Å². The summed E-state index contributed by atoms with van der Waals surface area (Å²) in [7, 11) is 0. The summed E-state index contributed by atoms with van der Waals surface area (Å²) in [5.41, 5.74) is 2.33. The molecule has 4 nitrogen and oxygen atoms in total. The molecule has 23 heavy (non-hydrogen) atoms. The number of carbonyl (C=O) groups excluding carboxylic acids is 1. The zero-order valence-electron chi connectivity index (χ0n) is 13.0. The highest BCUT2D eigenvalue weighted by molar-refractivity contribution is 6.12. The maximum atomic E-state index is 13.2. The summed E-state index contributed by atoms with van der Waals surface area (Å²) in [6.45, 7) is 0.993. The van der Waals surface area contributed by atoms with Crippen molar-refractivity contribution in [1.82, 2.24) is 0 Å². The predicted octanol–water partition coefficient (Wildman–Crippen LogP) is 3.32. The molecule has 0 aromatic heterocycles. The summed E-state index contributed by atoms with van der Waals surface area (Å²) in [5.74, 6) is 0.0218. The fraction of sp³-hybridized carbons (Fsp3) is 0.526. The Hall–Kier alpha value is -1.65. The van der Waals surface area contributed by atoms with Crippen molar-refractivity contribution in [2.75, 3.05) is 13.2 Å². The zero-order chi connectivity index (χ0) is 15.4. The van der Waals surface area contributed by atoms with Crippen molar-refractivity contribution in [3.05, 3.63) is 46.7 Å². The molecule has 2 heterocycles. The van der Waals surface area contributed by atoms with Gasteiger partial charge in [0.05, 0.1) is 6.61 Å². The van der Waals surface area contributed by atoms with Crippen LogP contribution in [0.1, 0.15) is 48.0 Å². The SMILES string of the molecule is O=C1C(C2CCCCC2)=C2OCC3COC2(O3)c2ccccc21. The van der Waals surface area contributed by atoms with Crippen LogP contribution in [0.3, 0.4) is 0 Å². The summed E-state index contributed by atoms with van der Waals surface area (Å²) in [6, 6.07) is 7.66. The number of benzene rings is 1. The van der Waals surface area contributed by atoms with Gasteiger partial charge in [-0.25, -0.2) is 0 Å². The Morgan fingerprint density at radius 1 is 1.04 bits per heavy atom. The molecule has 1 aromatic carbocycles. The molecule has 0 radical (unpaired) electrons. The van der Waals surface area contributed by atoms with E-state index >= 15 is 0 Å². The minimum absolute atomic E-state index is 0.0485. The Kier molecular flexibility index (Phi) is 2.94. The molecule has 5 rings (SSSR count). The Morgan fingerprint density at radius 2 is 1.87 bits per heavy atom. The Labute approximate surface area is 135 Å². The van der Waals surface area contributed by atoms with Gasteiger partial charge in [-0.05, 0) is 18.8 Å². The Morgan fingerprint density at radius 3 is 2.74 bits per heavy atom.